The van der Waals surface area contributed by atoms with Crippen molar-refractivity contribution in [1.29, 1.82) is 0 Å². The highest BCUT2D eigenvalue weighted by Crippen LogP contribution is 2.36. The molecule has 0 aliphatic carbocycles. The van der Waals surface area contributed by atoms with E-state index in [0.717, 1.165) is 3.79 Å². The van der Waals surface area contributed by atoms with Crippen molar-refractivity contribution < 1.29 is 19.4 Å². The smallest absolute Gasteiger partial charge is 0.311 e. The summed E-state index contributed by atoms with van der Waals surface area (Å²) in [6.07, 6.45) is 1.31. The van der Waals surface area contributed by atoms with Crippen molar-refractivity contribution in [2.45, 2.75) is 19.8 Å². The number of nitrogens with zero attached hydrogens (tertiary/aromatic N) is 1. The zero-order valence-electron chi connectivity index (χ0n) is 11.3. The number of carbonyl (C=O) groups is 2. The zero-order valence-corrected chi connectivity index (χ0v) is 13.7. The number of piperidine rings is 1. The van der Waals surface area contributed by atoms with E-state index in [9.17, 15) is 14.7 Å². The van der Waals surface area contributed by atoms with Gasteiger partial charge < -0.3 is 14.7 Å². The number of carboxylic acids is 1. The summed E-state index contributed by atoms with van der Waals surface area (Å²) in [5.41, 5.74) is -0.855. The lowest BCUT2D eigenvalue weighted by atomic mass is 9.82. The van der Waals surface area contributed by atoms with E-state index < -0.39 is 11.4 Å². The molecule has 1 unspecified atom stereocenters. The first kappa shape index (κ1) is 15.3. The van der Waals surface area contributed by atoms with Crippen LogP contribution in [-0.4, -0.2) is 42.1 Å². The van der Waals surface area contributed by atoms with Crippen LogP contribution in [0.25, 0.3) is 0 Å². The quantitative estimate of drug-likeness (QED) is 0.898. The molecule has 0 spiro atoms. The van der Waals surface area contributed by atoms with Crippen LogP contribution in [0.1, 0.15) is 29.4 Å². The Hall–Kier alpha value is -1.08. The van der Waals surface area contributed by atoms with E-state index in [2.05, 4.69) is 15.9 Å². The Morgan fingerprint density at radius 3 is 2.80 bits per heavy atom. The van der Waals surface area contributed by atoms with Crippen LogP contribution in [0, 0.1) is 5.41 Å². The molecule has 1 aromatic heterocycles. The minimum absolute atomic E-state index is 0.133. The molecule has 1 aliphatic rings. The van der Waals surface area contributed by atoms with Crippen molar-refractivity contribution in [3.8, 4) is 5.75 Å². The summed E-state index contributed by atoms with van der Waals surface area (Å²) < 4.78 is 5.91. The highest BCUT2D eigenvalue weighted by Gasteiger charge is 2.39. The molecule has 1 saturated heterocycles. The van der Waals surface area contributed by atoms with E-state index in [1.807, 2.05) is 0 Å². The molecule has 1 amide bonds. The average Bonchev–Trinajstić information content (AvgIpc) is 2.79. The lowest BCUT2D eigenvalue weighted by molar-refractivity contribution is -0.150. The standard InChI is InChI=1S/C13H16BrNO4S/c1-13(12(17)18)4-3-5-15(7-13)11(16)9-6-8(19-2)10(14)20-9/h6H,3-5,7H2,1-2H3,(H,17,18). The third kappa shape index (κ3) is 2.83. The summed E-state index contributed by atoms with van der Waals surface area (Å²) in [5, 5.41) is 9.29. The van der Waals surface area contributed by atoms with Gasteiger partial charge >= 0.3 is 5.97 Å². The van der Waals surface area contributed by atoms with Gasteiger partial charge in [-0.1, -0.05) is 0 Å². The summed E-state index contributed by atoms with van der Waals surface area (Å²) in [6.45, 7) is 2.54. The van der Waals surface area contributed by atoms with Gasteiger partial charge in [-0.25, -0.2) is 0 Å². The van der Waals surface area contributed by atoms with E-state index in [1.54, 1.807) is 25.0 Å². The van der Waals surface area contributed by atoms with Crippen molar-refractivity contribution >= 4 is 39.1 Å². The maximum Gasteiger partial charge on any atom is 0.311 e. The first-order valence-corrected chi connectivity index (χ1v) is 7.84. The number of hydrogen-bond acceptors (Lipinski definition) is 4. The van der Waals surface area contributed by atoms with Gasteiger partial charge in [0.1, 0.15) is 9.54 Å². The second-order valence-electron chi connectivity index (χ2n) is 5.15. The van der Waals surface area contributed by atoms with Crippen LogP contribution in [-0.2, 0) is 4.79 Å². The Bertz CT molecular complexity index is 544. The van der Waals surface area contributed by atoms with Crippen LogP contribution >= 0.6 is 27.3 Å². The molecule has 1 aliphatic heterocycles. The Morgan fingerprint density at radius 1 is 1.55 bits per heavy atom. The summed E-state index contributed by atoms with van der Waals surface area (Å²) in [5.74, 6) is -0.359. The number of thiophene rings is 1. The minimum atomic E-state index is -0.855. The second kappa shape index (κ2) is 5.73. The van der Waals surface area contributed by atoms with E-state index in [0.29, 0.717) is 30.0 Å². The maximum absolute atomic E-state index is 12.5. The van der Waals surface area contributed by atoms with E-state index in [-0.39, 0.29) is 12.5 Å². The van der Waals surface area contributed by atoms with E-state index >= 15 is 0 Å². The molecule has 7 heteroatoms. The van der Waals surface area contributed by atoms with Crippen LogP contribution in [0.4, 0.5) is 0 Å². The molecule has 1 aromatic rings. The van der Waals surface area contributed by atoms with E-state index in [4.69, 9.17) is 4.74 Å². The first-order chi connectivity index (χ1) is 9.37. The summed E-state index contributed by atoms with van der Waals surface area (Å²) in [6, 6.07) is 1.68. The molecule has 1 atom stereocenters. The third-order valence-corrected chi connectivity index (χ3v) is 5.36. The first-order valence-electron chi connectivity index (χ1n) is 6.23. The number of amides is 1. The number of rotatable bonds is 3. The fourth-order valence-electron chi connectivity index (χ4n) is 2.34. The topological polar surface area (TPSA) is 66.8 Å². The molecule has 2 rings (SSSR count). The summed E-state index contributed by atoms with van der Waals surface area (Å²) in [7, 11) is 1.55. The van der Waals surface area contributed by atoms with Crippen LogP contribution in [0.15, 0.2) is 9.85 Å². The van der Waals surface area contributed by atoms with Gasteiger partial charge in [0.15, 0.2) is 0 Å². The summed E-state index contributed by atoms with van der Waals surface area (Å²) >= 11 is 4.65. The predicted molar refractivity (Wildman–Crippen MR) is 79.5 cm³/mol. The fraction of sp³-hybridized carbons (Fsp3) is 0.538. The minimum Gasteiger partial charge on any atom is -0.495 e. The number of aliphatic carboxylic acids is 1. The lowest BCUT2D eigenvalue weighted by Gasteiger charge is -2.37. The lowest BCUT2D eigenvalue weighted by Crippen LogP contribution is -2.48. The van der Waals surface area contributed by atoms with Gasteiger partial charge in [-0.15, -0.1) is 11.3 Å². The van der Waals surface area contributed by atoms with Gasteiger partial charge in [0.25, 0.3) is 5.91 Å². The molecule has 2 heterocycles. The molecule has 0 saturated carbocycles. The molecule has 5 nitrogen and oxygen atoms in total. The van der Waals surface area contributed by atoms with Crippen molar-refractivity contribution in [3.63, 3.8) is 0 Å². The Labute approximate surface area is 129 Å². The number of hydrogen-bond donors (Lipinski definition) is 1. The Balaban J connectivity index is 2.18. The second-order valence-corrected chi connectivity index (χ2v) is 7.52. The number of likely N-dealkylation sites (tertiary alicyclic amines) is 1. The third-order valence-electron chi connectivity index (χ3n) is 3.59. The van der Waals surface area contributed by atoms with Crippen LogP contribution < -0.4 is 4.74 Å². The van der Waals surface area contributed by atoms with Crippen LogP contribution in [0.5, 0.6) is 5.75 Å². The normalized spacial score (nSPS) is 22.6. The number of halogens is 1. The van der Waals surface area contributed by atoms with Gasteiger partial charge in [0.2, 0.25) is 0 Å². The largest absolute Gasteiger partial charge is 0.495 e. The van der Waals surface area contributed by atoms with Gasteiger partial charge in [0, 0.05) is 19.2 Å². The van der Waals surface area contributed by atoms with E-state index in [1.165, 1.54) is 11.3 Å². The monoisotopic (exact) mass is 361 g/mol. The molecular formula is C13H16BrNO4S. The van der Waals surface area contributed by atoms with Crippen LogP contribution in [0.2, 0.25) is 0 Å². The van der Waals surface area contributed by atoms with Crippen molar-refractivity contribution in [1.82, 2.24) is 4.90 Å². The molecule has 20 heavy (non-hydrogen) atoms. The molecule has 0 aromatic carbocycles. The number of ether oxygens (including phenoxy) is 1. The van der Waals surface area contributed by atoms with Crippen molar-refractivity contribution in [3.05, 3.63) is 14.7 Å². The van der Waals surface area contributed by atoms with Gasteiger partial charge in [-0.05, 0) is 35.7 Å². The zero-order chi connectivity index (χ0) is 14.9. The van der Waals surface area contributed by atoms with Crippen molar-refractivity contribution in [2.24, 2.45) is 5.41 Å². The Kier molecular flexibility index (Phi) is 4.39. The molecule has 0 radical (unpaired) electrons. The molecular weight excluding hydrogens is 346 g/mol. The molecule has 1 fully saturated rings. The maximum atomic E-state index is 12.5. The predicted octanol–water partition coefficient (Wildman–Crippen LogP) is 2.85. The van der Waals surface area contributed by atoms with Crippen LogP contribution in [0.3, 0.4) is 0 Å². The number of carboxylic acid groups (broad SMARTS) is 1. The highest BCUT2D eigenvalue weighted by molar-refractivity contribution is 9.11. The highest BCUT2D eigenvalue weighted by atomic mass is 79.9. The Morgan fingerprint density at radius 2 is 2.25 bits per heavy atom. The van der Waals surface area contributed by atoms with Gasteiger partial charge in [-0.3, -0.25) is 9.59 Å². The summed E-state index contributed by atoms with van der Waals surface area (Å²) in [4.78, 5) is 26.0. The van der Waals surface area contributed by atoms with Gasteiger partial charge in [-0.2, -0.15) is 0 Å². The molecule has 1 N–H and O–H groups in total. The number of carbonyl (C=O) groups excluding carboxylic acids is 1. The average molecular weight is 362 g/mol. The molecule has 0 bridgehead atoms. The van der Waals surface area contributed by atoms with Crippen molar-refractivity contribution in [2.75, 3.05) is 20.2 Å². The number of methoxy groups -OCH3 is 1. The fourth-order valence-corrected chi connectivity index (χ4v) is 3.96. The molecule has 110 valence electrons. The van der Waals surface area contributed by atoms with Gasteiger partial charge in [0.05, 0.1) is 17.4 Å². The SMILES string of the molecule is COc1cc(C(=O)N2CCCC(C)(C(=O)O)C2)sc1Br.